The van der Waals surface area contributed by atoms with Gasteiger partial charge in [-0.15, -0.1) is 0 Å². The lowest BCUT2D eigenvalue weighted by atomic mass is 10.4. The maximum atomic E-state index is 11.0. The molecule has 2 aromatic rings. The lowest BCUT2D eigenvalue weighted by Gasteiger charge is -2.02. The molecule has 0 atom stereocenters. The summed E-state index contributed by atoms with van der Waals surface area (Å²) in [5.41, 5.74) is 1.26. The molecule has 0 aliphatic heterocycles. The van der Waals surface area contributed by atoms with Crippen LogP contribution in [0, 0.1) is 0 Å². The van der Waals surface area contributed by atoms with Gasteiger partial charge in [0.15, 0.2) is 5.65 Å². The Hall–Kier alpha value is -1.91. The van der Waals surface area contributed by atoms with E-state index in [1.165, 1.54) is 0 Å². The predicted octanol–water partition coefficient (Wildman–Crippen LogP) is 1.54. The molecule has 2 heterocycles. The molecule has 1 N–H and O–H groups in total. The highest BCUT2D eigenvalue weighted by Gasteiger charge is 2.16. The molecule has 0 aromatic carbocycles. The molecular weight excluding hydrogens is 194 g/mol. The molecule has 2 aromatic heterocycles. The minimum absolute atomic E-state index is 0.0607. The molecule has 0 amide bonds. The van der Waals surface area contributed by atoms with Crippen LogP contribution in [0.15, 0.2) is 18.3 Å². The summed E-state index contributed by atoms with van der Waals surface area (Å²) in [7, 11) is 0. The Morgan fingerprint density at radius 3 is 3.07 bits per heavy atom. The van der Waals surface area contributed by atoms with Crippen molar-refractivity contribution >= 4 is 17.1 Å². The molecule has 0 fully saturated rings. The fourth-order valence-electron chi connectivity index (χ4n) is 1.56. The zero-order valence-corrected chi connectivity index (χ0v) is 8.34. The van der Waals surface area contributed by atoms with E-state index in [4.69, 9.17) is 5.11 Å². The van der Waals surface area contributed by atoms with Gasteiger partial charge in [-0.1, -0.05) is 6.92 Å². The minimum Gasteiger partial charge on any atom is -0.475 e. The molecule has 0 unspecified atom stereocenters. The smallest absolute Gasteiger partial charge is 0.372 e. The fraction of sp³-hybridized carbons (Fsp3) is 0.300. The molecular formula is C10H11N3O2. The van der Waals surface area contributed by atoms with Gasteiger partial charge in [0.2, 0.25) is 5.82 Å². The van der Waals surface area contributed by atoms with Crippen LogP contribution in [0.3, 0.4) is 0 Å². The molecule has 15 heavy (non-hydrogen) atoms. The van der Waals surface area contributed by atoms with Crippen LogP contribution in [-0.2, 0) is 6.54 Å². The lowest BCUT2D eigenvalue weighted by molar-refractivity contribution is 0.0678. The summed E-state index contributed by atoms with van der Waals surface area (Å²) in [6, 6.07) is 3.51. The van der Waals surface area contributed by atoms with E-state index in [0.29, 0.717) is 17.7 Å². The number of hydrogen-bond donors (Lipinski definition) is 1. The van der Waals surface area contributed by atoms with Gasteiger partial charge in [-0.25, -0.2) is 14.8 Å². The first kappa shape index (κ1) is 9.64. The molecule has 5 heteroatoms. The van der Waals surface area contributed by atoms with Crippen LogP contribution in [0.2, 0.25) is 0 Å². The van der Waals surface area contributed by atoms with Crippen molar-refractivity contribution in [1.29, 1.82) is 0 Å². The van der Waals surface area contributed by atoms with E-state index in [1.54, 1.807) is 22.9 Å². The number of imidazole rings is 1. The quantitative estimate of drug-likeness (QED) is 0.825. The van der Waals surface area contributed by atoms with Crippen LogP contribution in [0.25, 0.3) is 11.2 Å². The van der Waals surface area contributed by atoms with Crippen LogP contribution in [0.1, 0.15) is 24.0 Å². The Labute approximate surface area is 86.4 Å². The average Bonchev–Trinajstić information content (AvgIpc) is 2.58. The summed E-state index contributed by atoms with van der Waals surface area (Å²) in [4.78, 5) is 19.1. The number of carboxylic acid groups (broad SMARTS) is 1. The van der Waals surface area contributed by atoms with E-state index in [1.807, 2.05) is 6.92 Å². The number of carbonyl (C=O) groups is 1. The van der Waals surface area contributed by atoms with Crippen LogP contribution in [0.5, 0.6) is 0 Å². The number of nitrogens with zero attached hydrogens (tertiary/aromatic N) is 3. The predicted molar refractivity (Wildman–Crippen MR) is 54.8 cm³/mol. The third-order valence-electron chi connectivity index (χ3n) is 2.14. The number of pyridine rings is 1. The SMILES string of the molecule is CCCn1c(C(=O)O)nc2cccnc21. The van der Waals surface area contributed by atoms with Gasteiger partial charge in [0.1, 0.15) is 5.52 Å². The zero-order valence-electron chi connectivity index (χ0n) is 8.34. The highest BCUT2D eigenvalue weighted by Crippen LogP contribution is 2.13. The summed E-state index contributed by atoms with van der Waals surface area (Å²) in [5.74, 6) is -0.952. The number of carboxylic acids is 1. The summed E-state index contributed by atoms with van der Waals surface area (Å²) < 4.78 is 1.64. The zero-order chi connectivity index (χ0) is 10.8. The van der Waals surface area contributed by atoms with E-state index in [-0.39, 0.29) is 5.82 Å². The summed E-state index contributed by atoms with van der Waals surface area (Å²) in [5, 5.41) is 8.98. The normalized spacial score (nSPS) is 10.7. The fourth-order valence-corrected chi connectivity index (χ4v) is 1.56. The third-order valence-corrected chi connectivity index (χ3v) is 2.14. The van der Waals surface area contributed by atoms with Crippen molar-refractivity contribution in [3.63, 3.8) is 0 Å². The van der Waals surface area contributed by atoms with E-state index < -0.39 is 5.97 Å². The molecule has 0 radical (unpaired) electrons. The summed E-state index contributed by atoms with van der Waals surface area (Å²) >= 11 is 0. The number of fused-ring (bicyclic) bond motifs is 1. The average molecular weight is 205 g/mol. The molecule has 0 spiro atoms. The van der Waals surface area contributed by atoms with Crippen LogP contribution >= 0.6 is 0 Å². The van der Waals surface area contributed by atoms with Gasteiger partial charge in [-0.05, 0) is 18.6 Å². The number of aryl methyl sites for hydroxylation is 1. The van der Waals surface area contributed by atoms with Crippen molar-refractivity contribution < 1.29 is 9.90 Å². The molecule has 0 aliphatic rings. The van der Waals surface area contributed by atoms with Gasteiger partial charge in [-0.2, -0.15) is 0 Å². The van der Waals surface area contributed by atoms with Gasteiger partial charge >= 0.3 is 5.97 Å². The summed E-state index contributed by atoms with van der Waals surface area (Å²) in [6.45, 7) is 2.61. The van der Waals surface area contributed by atoms with Crippen LogP contribution < -0.4 is 0 Å². The van der Waals surface area contributed by atoms with Crippen molar-refractivity contribution in [3.8, 4) is 0 Å². The van der Waals surface area contributed by atoms with Gasteiger partial charge in [-0.3, -0.25) is 0 Å². The highest BCUT2D eigenvalue weighted by atomic mass is 16.4. The Morgan fingerprint density at radius 1 is 1.60 bits per heavy atom. The van der Waals surface area contributed by atoms with Crippen LogP contribution in [-0.4, -0.2) is 25.6 Å². The Bertz CT molecular complexity index is 504. The molecule has 2 rings (SSSR count). The first-order valence-corrected chi connectivity index (χ1v) is 4.78. The molecule has 0 saturated carbocycles. The molecule has 78 valence electrons. The Balaban J connectivity index is 2.68. The second-order valence-corrected chi connectivity index (χ2v) is 3.24. The molecule has 0 bridgehead atoms. The van der Waals surface area contributed by atoms with E-state index >= 15 is 0 Å². The number of hydrogen-bond acceptors (Lipinski definition) is 3. The van der Waals surface area contributed by atoms with Crippen molar-refractivity contribution in [3.05, 3.63) is 24.2 Å². The van der Waals surface area contributed by atoms with Gasteiger partial charge in [0.05, 0.1) is 0 Å². The maximum absolute atomic E-state index is 11.0. The molecule has 0 aliphatic carbocycles. The maximum Gasteiger partial charge on any atom is 0.372 e. The van der Waals surface area contributed by atoms with E-state index in [0.717, 1.165) is 6.42 Å². The highest BCUT2D eigenvalue weighted by molar-refractivity contribution is 5.88. The first-order valence-electron chi connectivity index (χ1n) is 4.78. The Morgan fingerprint density at radius 2 is 2.40 bits per heavy atom. The van der Waals surface area contributed by atoms with Crippen molar-refractivity contribution in [2.45, 2.75) is 19.9 Å². The van der Waals surface area contributed by atoms with Gasteiger partial charge < -0.3 is 9.67 Å². The second kappa shape index (κ2) is 3.68. The van der Waals surface area contributed by atoms with Gasteiger partial charge in [0.25, 0.3) is 0 Å². The number of aromatic carboxylic acids is 1. The third kappa shape index (κ3) is 1.56. The standard InChI is InChI=1S/C10H11N3O2/c1-2-6-13-8-7(4-3-5-11-8)12-9(13)10(14)15/h3-5H,2,6H2,1H3,(H,14,15). The number of rotatable bonds is 3. The van der Waals surface area contributed by atoms with Gasteiger partial charge in [0, 0.05) is 12.7 Å². The van der Waals surface area contributed by atoms with E-state index in [2.05, 4.69) is 9.97 Å². The van der Waals surface area contributed by atoms with Crippen molar-refractivity contribution in [1.82, 2.24) is 14.5 Å². The minimum atomic E-state index is -1.01. The summed E-state index contributed by atoms with van der Waals surface area (Å²) in [6.07, 6.45) is 2.49. The van der Waals surface area contributed by atoms with Crippen molar-refractivity contribution in [2.75, 3.05) is 0 Å². The van der Waals surface area contributed by atoms with E-state index in [9.17, 15) is 4.79 Å². The monoisotopic (exact) mass is 205 g/mol. The Kier molecular flexibility index (Phi) is 2.37. The van der Waals surface area contributed by atoms with Crippen molar-refractivity contribution in [2.24, 2.45) is 0 Å². The molecule has 0 saturated heterocycles. The number of aromatic nitrogens is 3. The van der Waals surface area contributed by atoms with Crippen LogP contribution in [0.4, 0.5) is 0 Å². The second-order valence-electron chi connectivity index (χ2n) is 3.24. The first-order chi connectivity index (χ1) is 7.24. The topological polar surface area (TPSA) is 68.0 Å². The molecule has 5 nitrogen and oxygen atoms in total. The largest absolute Gasteiger partial charge is 0.475 e. The lowest BCUT2D eigenvalue weighted by Crippen LogP contribution is -2.09.